The Balaban J connectivity index is 2.49. The molecule has 1 aromatic rings. The van der Waals surface area contributed by atoms with Crippen molar-refractivity contribution >= 4 is 5.96 Å². The van der Waals surface area contributed by atoms with Crippen molar-refractivity contribution in [1.82, 2.24) is 15.5 Å². The van der Waals surface area contributed by atoms with Crippen molar-refractivity contribution in [2.45, 2.75) is 27.0 Å². The molecular formula is C16H26F2N4O. The van der Waals surface area contributed by atoms with Crippen molar-refractivity contribution in [3.8, 4) is 5.75 Å². The van der Waals surface area contributed by atoms with Crippen molar-refractivity contribution in [2.24, 2.45) is 4.99 Å². The first-order valence-corrected chi connectivity index (χ1v) is 7.80. The van der Waals surface area contributed by atoms with Gasteiger partial charge in [0.05, 0.1) is 0 Å². The highest BCUT2D eigenvalue weighted by Crippen LogP contribution is 2.19. The Bertz CT molecular complexity index is 479. The summed E-state index contributed by atoms with van der Waals surface area (Å²) in [5.74, 6) is 0.803. The minimum atomic E-state index is -2.83. The third-order valence-electron chi connectivity index (χ3n) is 3.47. The van der Waals surface area contributed by atoms with Crippen LogP contribution >= 0.6 is 0 Å². The van der Waals surface area contributed by atoms with E-state index in [1.165, 1.54) is 6.07 Å². The van der Waals surface area contributed by atoms with Gasteiger partial charge in [0.2, 0.25) is 0 Å². The van der Waals surface area contributed by atoms with Crippen molar-refractivity contribution in [3.05, 3.63) is 29.8 Å². The molecule has 0 aromatic heterocycles. The summed E-state index contributed by atoms with van der Waals surface area (Å²) >= 11 is 0. The van der Waals surface area contributed by atoms with Crippen molar-refractivity contribution in [3.63, 3.8) is 0 Å². The molecule has 7 heteroatoms. The Kier molecular flexibility index (Phi) is 8.97. The fourth-order valence-corrected chi connectivity index (χ4v) is 2.13. The number of halogens is 2. The zero-order valence-corrected chi connectivity index (χ0v) is 14.0. The highest BCUT2D eigenvalue weighted by Gasteiger charge is 2.09. The molecular weight excluding hydrogens is 302 g/mol. The van der Waals surface area contributed by atoms with Gasteiger partial charge in [-0.1, -0.05) is 32.0 Å². The Hall–Kier alpha value is -1.89. The predicted octanol–water partition coefficient (Wildman–Crippen LogP) is 2.29. The summed E-state index contributed by atoms with van der Waals surface area (Å²) in [4.78, 5) is 6.43. The first-order chi connectivity index (χ1) is 11.1. The zero-order valence-electron chi connectivity index (χ0n) is 14.0. The molecule has 0 spiro atoms. The Morgan fingerprint density at radius 2 is 1.91 bits per heavy atom. The van der Waals surface area contributed by atoms with Crippen LogP contribution in [0.1, 0.15) is 19.4 Å². The summed E-state index contributed by atoms with van der Waals surface area (Å²) in [6.45, 7) is 5.45. The Labute approximate surface area is 136 Å². The van der Waals surface area contributed by atoms with Gasteiger partial charge in [0, 0.05) is 32.2 Å². The molecule has 0 atom stereocenters. The van der Waals surface area contributed by atoms with Gasteiger partial charge in [-0.2, -0.15) is 8.78 Å². The van der Waals surface area contributed by atoms with E-state index < -0.39 is 6.61 Å². The molecule has 0 saturated carbocycles. The number of hydrogen-bond donors (Lipinski definition) is 2. The van der Waals surface area contributed by atoms with Crippen molar-refractivity contribution in [1.29, 1.82) is 0 Å². The Morgan fingerprint density at radius 3 is 2.52 bits per heavy atom. The number of ether oxygens (including phenoxy) is 1. The van der Waals surface area contributed by atoms with Crippen LogP contribution in [0.5, 0.6) is 5.75 Å². The van der Waals surface area contributed by atoms with Crippen LogP contribution in [0.25, 0.3) is 0 Å². The normalized spacial score (nSPS) is 11.9. The number of rotatable bonds is 9. The van der Waals surface area contributed by atoms with Gasteiger partial charge in [-0.15, -0.1) is 0 Å². The quantitative estimate of drug-likeness (QED) is 0.539. The molecule has 0 unspecified atom stereocenters. The molecule has 23 heavy (non-hydrogen) atoms. The monoisotopic (exact) mass is 328 g/mol. The molecule has 0 aliphatic carbocycles. The standard InChI is InChI=1S/C16H26F2N4O/c1-4-22(5-2)11-10-20-16(19-3)21-12-13-8-6-7-9-14(13)23-15(17)18/h6-9,15H,4-5,10-12H2,1-3H3,(H2,19,20,21). The van der Waals surface area contributed by atoms with E-state index in [0.29, 0.717) is 18.1 Å². The number of para-hydroxylation sites is 1. The maximum Gasteiger partial charge on any atom is 0.387 e. The molecule has 0 fully saturated rings. The number of benzene rings is 1. The van der Waals surface area contributed by atoms with Gasteiger partial charge in [0.15, 0.2) is 5.96 Å². The molecule has 0 radical (unpaired) electrons. The molecule has 0 aliphatic heterocycles. The molecule has 0 aliphatic rings. The number of alkyl halides is 2. The lowest BCUT2D eigenvalue weighted by Gasteiger charge is -2.19. The second kappa shape index (κ2) is 10.8. The second-order valence-corrected chi connectivity index (χ2v) is 4.87. The van der Waals surface area contributed by atoms with Crippen LogP contribution in [0.15, 0.2) is 29.3 Å². The average Bonchev–Trinajstić information content (AvgIpc) is 2.55. The molecule has 0 heterocycles. The molecule has 130 valence electrons. The maximum absolute atomic E-state index is 12.4. The van der Waals surface area contributed by atoms with Crippen LogP contribution in [-0.4, -0.2) is 50.7 Å². The fraction of sp³-hybridized carbons (Fsp3) is 0.562. The summed E-state index contributed by atoms with van der Waals surface area (Å²) in [7, 11) is 1.67. The van der Waals surface area contributed by atoms with E-state index in [2.05, 4.69) is 39.1 Å². The molecule has 0 bridgehead atoms. The predicted molar refractivity (Wildman–Crippen MR) is 89.1 cm³/mol. The van der Waals surface area contributed by atoms with E-state index in [4.69, 9.17) is 0 Å². The van der Waals surface area contributed by atoms with E-state index in [1.54, 1.807) is 25.2 Å². The van der Waals surface area contributed by atoms with Gasteiger partial charge >= 0.3 is 6.61 Å². The molecule has 0 amide bonds. The van der Waals surface area contributed by atoms with Crippen molar-refractivity contribution < 1.29 is 13.5 Å². The summed E-state index contributed by atoms with van der Waals surface area (Å²) in [6.07, 6.45) is 0. The number of likely N-dealkylation sites (N-methyl/N-ethyl adjacent to an activating group) is 1. The topological polar surface area (TPSA) is 48.9 Å². The van der Waals surface area contributed by atoms with Crippen LogP contribution in [-0.2, 0) is 6.54 Å². The first-order valence-electron chi connectivity index (χ1n) is 7.80. The van der Waals surface area contributed by atoms with Gasteiger partial charge in [0.25, 0.3) is 0 Å². The molecule has 2 N–H and O–H groups in total. The van der Waals surface area contributed by atoms with Crippen LogP contribution in [0, 0.1) is 0 Å². The van der Waals surface area contributed by atoms with Gasteiger partial charge < -0.3 is 20.3 Å². The van der Waals surface area contributed by atoms with E-state index >= 15 is 0 Å². The van der Waals surface area contributed by atoms with Gasteiger partial charge in [-0.05, 0) is 19.2 Å². The second-order valence-electron chi connectivity index (χ2n) is 4.87. The summed E-state index contributed by atoms with van der Waals surface area (Å²) in [5, 5.41) is 6.31. The first kappa shape index (κ1) is 19.2. The Morgan fingerprint density at radius 1 is 1.22 bits per heavy atom. The average molecular weight is 328 g/mol. The summed E-state index contributed by atoms with van der Waals surface area (Å²) < 4.78 is 29.3. The van der Waals surface area contributed by atoms with Crippen LogP contribution in [0.2, 0.25) is 0 Å². The number of aliphatic imine (C=N–C) groups is 1. The molecule has 1 aromatic carbocycles. The zero-order chi connectivity index (χ0) is 17.1. The van der Waals surface area contributed by atoms with E-state index in [0.717, 1.165) is 26.2 Å². The highest BCUT2D eigenvalue weighted by molar-refractivity contribution is 5.79. The van der Waals surface area contributed by atoms with Crippen LogP contribution < -0.4 is 15.4 Å². The third kappa shape index (κ3) is 7.27. The summed E-state index contributed by atoms with van der Waals surface area (Å²) in [6, 6.07) is 6.72. The van der Waals surface area contributed by atoms with Crippen molar-refractivity contribution in [2.75, 3.05) is 33.2 Å². The number of nitrogens with one attached hydrogen (secondary N) is 2. The smallest absolute Gasteiger partial charge is 0.387 e. The van der Waals surface area contributed by atoms with E-state index in [1.807, 2.05) is 0 Å². The number of nitrogens with zero attached hydrogens (tertiary/aromatic N) is 2. The number of hydrogen-bond acceptors (Lipinski definition) is 3. The fourth-order valence-electron chi connectivity index (χ4n) is 2.13. The van der Waals surface area contributed by atoms with E-state index in [9.17, 15) is 8.78 Å². The third-order valence-corrected chi connectivity index (χ3v) is 3.47. The van der Waals surface area contributed by atoms with Gasteiger partial charge in [0.1, 0.15) is 5.75 Å². The minimum Gasteiger partial charge on any atom is -0.434 e. The summed E-state index contributed by atoms with van der Waals surface area (Å²) in [5.41, 5.74) is 0.652. The largest absolute Gasteiger partial charge is 0.434 e. The van der Waals surface area contributed by atoms with Crippen LogP contribution in [0.3, 0.4) is 0 Å². The SMILES string of the molecule is CCN(CC)CCNC(=NC)NCc1ccccc1OC(F)F. The van der Waals surface area contributed by atoms with E-state index in [-0.39, 0.29) is 5.75 Å². The molecule has 5 nitrogen and oxygen atoms in total. The van der Waals surface area contributed by atoms with Gasteiger partial charge in [-0.25, -0.2) is 0 Å². The lowest BCUT2D eigenvalue weighted by Crippen LogP contribution is -2.41. The lowest BCUT2D eigenvalue weighted by molar-refractivity contribution is -0.0504. The minimum absolute atomic E-state index is 0.175. The maximum atomic E-state index is 12.4. The molecule has 0 saturated heterocycles. The highest BCUT2D eigenvalue weighted by atomic mass is 19.3. The lowest BCUT2D eigenvalue weighted by atomic mass is 10.2. The van der Waals surface area contributed by atoms with Gasteiger partial charge in [-0.3, -0.25) is 4.99 Å². The molecule has 1 rings (SSSR count). The van der Waals surface area contributed by atoms with Crippen LogP contribution in [0.4, 0.5) is 8.78 Å². The number of guanidine groups is 1.